The summed E-state index contributed by atoms with van der Waals surface area (Å²) in [6.45, 7) is 11.1. The van der Waals surface area contributed by atoms with Crippen LogP contribution in [0.3, 0.4) is 0 Å². The van der Waals surface area contributed by atoms with Gasteiger partial charge in [0.25, 0.3) is 0 Å². The highest BCUT2D eigenvalue weighted by atomic mass is 16.5. The molecule has 0 unspecified atom stereocenters. The lowest BCUT2D eigenvalue weighted by atomic mass is 9.90. The molecule has 1 rings (SSSR count). The van der Waals surface area contributed by atoms with Gasteiger partial charge in [-0.15, -0.1) is 0 Å². The van der Waals surface area contributed by atoms with Gasteiger partial charge in [0.1, 0.15) is 0 Å². The zero-order chi connectivity index (χ0) is 8.32. The minimum Gasteiger partial charge on any atom is -0.380 e. The molecular formula is C9H16O2. The van der Waals surface area contributed by atoms with Crippen molar-refractivity contribution in [1.82, 2.24) is 0 Å². The molecule has 0 aromatic rings. The van der Waals surface area contributed by atoms with E-state index in [1.165, 1.54) is 0 Å². The van der Waals surface area contributed by atoms with Gasteiger partial charge in [0, 0.05) is 5.41 Å². The lowest BCUT2D eigenvalue weighted by molar-refractivity contribution is -0.135. The van der Waals surface area contributed by atoms with Gasteiger partial charge in [0.2, 0.25) is 0 Å². The van der Waals surface area contributed by atoms with Crippen molar-refractivity contribution < 1.29 is 9.47 Å². The fourth-order valence-corrected chi connectivity index (χ4v) is 1.01. The van der Waals surface area contributed by atoms with Crippen molar-refractivity contribution in [2.45, 2.75) is 13.8 Å². The van der Waals surface area contributed by atoms with Crippen molar-refractivity contribution in [3.63, 3.8) is 0 Å². The molecule has 2 heteroatoms. The summed E-state index contributed by atoms with van der Waals surface area (Å²) in [5, 5.41) is 0. The third kappa shape index (κ3) is 2.64. The van der Waals surface area contributed by atoms with Crippen molar-refractivity contribution >= 4 is 0 Å². The van der Waals surface area contributed by atoms with Crippen LogP contribution in [0.2, 0.25) is 0 Å². The Balaban J connectivity index is 2.07. The smallest absolute Gasteiger partial charge is 0.0671 e. The van der Waals surface area contributed by atoms with Gasteiger partial charge in [-0.3, -0.25) is 0 Å². The molecule has 0 bridgehead atoms. The Hall–Kier alpha value is -0.340. The van der Waals surface area contributed by atoms with E-state index >= 15 is 0 Å². The van der Waals surface area contributed by atoms with Crippen LogP contribution in [0.15, 0.2) is 12.2 Å². The predicted molar refractivity (Wildman–Crippen MR) is 44.6 cm³/mol. The second kappa shape index (κ2) is 3.37. The summed E-state index contributed by atoms with van der Waals surface area (Å²) >= 11 is 0. The number of rotatable bonds is 4. The molecule has 0 aromatic heterocycles. The average molecular weight is 156 g/mol. The maximum absolute atomic E-state index is 5.42. The molecule has 1 saturated heterocycles. The van der Waals surface area contributed by atoms with Crippen molar-refractivity contribution in [1.29, 1.82) is 0 Å². The highest BCUT2D eigenvalue weighted by molar-refractivity contribution is 4.88. The second-order valence-corrected chi connectivity index (χ2v) is 3.75. The monoisotopic (exact) mass is 156 g/mol. The van der Waals surface area contributed by atoms with Crippen LogP contribution >= 0.6 is 0 Å². The Bertz CT molecular complexity index is 148. The molecule has 0 atom stereocenters. The van der Waals surface area contributed by atoms with Crippen molar-refractivity contribution in [2.24, 2.45) is 5.41 Å². The van der Waals surface area contributed by atoms with Gasteiger partial charge in [0.05, 0.1) is 26.4 Å². The molecule has 0 spiro atoms. The van der Waals surface area contributed by atoms with Crippen LogP contribution in [-0.4, -0.2) is 26.4 Å². The molecule has 0 radical (unpaired) electrons. The van der Waals surface area contributed by atoms with Crippen molar-refractivity contribution in [3.05, 3.63) is 12.2 Å². The van der Waals surface area contributed by atoms with Crippen molar-refractivity contribution in [2.75, 3.05) is 26.4 Å². The fourth-order valence-electron chi connectivity index (χ4n) is 1.01. The molecule has 0 saturated carbocycles. The quantitative estimate of drug-likeness (QED) is 0.576. The maximum atomic E-state index is 5.42. The molecule has 1 aliphatic heterocycles. The lowest BCUT2D eigenvalue weighted by Crippen LogP contribution is -2.43. The molecule has 64 valence electrons. The topological polar surface area (TPSA) is 18.5 Å². The first-order valence-corrected chi connectivity index (χ1v) is 3.92. The summed E-state index contributed by atoms with van der Waals surface area (Å²) in [5.41, 5.74) is 1.35. The van der Waals surface area contributed by atoms with Crippen molar-refractivity contribution in [3.8, 4) is 0 Å². The first-order chi connectivity index (χ1) is 5.12. The Kier molecular flexibility index (Phi) is 2.68. The van der Waals surface area contributed by atoms with E-state index in [4.69, 9.17) is 9.47 Å². The Morgan fingerprint density at radius 1 is 1.64 bits per heavy atom. The van der Waals surface area contributed by atoms with Crippen LogP contribution < -0.4 is 0 Å². The Labute approximate surface area is 68.2 Å². The third-order valence-electron chi connectivity index (χ3n) is 1.70. The van der Waals surface area contributed by atoms with E-state index in [0.717, 1.165) is 25.4 Å². The first-order valence-electron chi connectivity index (χ1n) is 3.92. The summed E-state index contributed by atoms with van der Waals surface area (Å²) in [5.74, 6) is 0. The van der Waals surface area contributed by atoms with E-state index in [1.54, 1.807) is 0 Å². The molecule has 0 N–H and O–H groups in total. The van der Waals surface area contributed by atoms with E-state index in [1.807, 2.05) is 6.92 Å². The van der Waals surface area contributed by atoms with Crippen LogP contribution in [0.25, 0.3) is 0 Å². The molecule has 1 heterocycles. The van der Waals surface area contributed by atoms with E-state index in [-0.39, 0.29) is 5.41 Å². The van der Waals surface area contributed by atoms with E-state index in [2.05, 4.69) is 13.5 Å². The van der Waals surface area contributed by atoms with E-state index in [0.29, 0.717) is 6.61 Å². The summed E-state index contributed by atoms with van der Waals surface area (Å²) in [4.78, 5) is 0. The summed E-state index contributed by atoms with van der Waals surface area (Å²) in [6.07, 6.45) is 0. The van der Waals surface area contributed by atoms with Gasteiger partial charge in [-0.25, -0.2) is 0 Å². The van der Waals surface area contributed by atoms with Gasteiger partial charge in [-0.1, -0.05) is 19.1 Å². The average Bonchev–Trinajstić information content (AvgIpc) is 1.83. The Morgan fingerprint density at radius 2 is 2.27 bits per heavy atom. The number of hydrogen-bond donors (Lipinski definition) is 0. The fraction of sp³-hybridized carbons (Fsp3) is 0.778. The number of hydrogen-bond acceptors (Lipinski definition) is 2. The Morgan fingerprint density at radius 3 is 2.64 bits per heavy atom. The van der Waals surface area contributed by atoms with Crippen LogP contribution in [0.5, 0.6) is 0 Å². The largest absolute Gasteiger partial charge is 0.380 e. The first kappa shape index (κ1) is 8.75. The maximum Gasteiger partial charge on any atom is 0.0671 e. The van der Waals surface area contributed by atoms with Gasteiger partial charge >= 0.3 is 0 Å². The highest BCUT2D eigenvalue weighted by Crippen LogP contribution is 2.26. The van der Waals surface area contributed by atoms with Crippen LogP contribution in [0, 0.1) is 5.41 Å². The molecule has 1 aliphatic rings. The van der Waals surface area contributed by atoms with Gasteiger partial charge in [-0.05, 0) is 6.92 Å². The van der Waals surface area contributed by atoms with Gasteiger partial charge in [-0.2, -0.15) is 0 Å². The molecule has 11 heavy (non-hydrogen) atoms. The van der Waals surface area contributed by atoms with E-state index < -0.39 is 0 Å². The predicted octanol–water partition coefficient (Wildman–Crippen LogP) is 1.62. The number of ether oxygens (including phenoxy) is 2. The summed E-state index contributed by atoms with van der Waals surface area (Å²) in [6, 6.07) is 0. The summed E-state index contributed by atoms with van der Waals surface area (Å²) < 4.78 is 10.5. The minimum absolute atomic E-state index is 0.273. The SMILES string of the molecule is C=C(C)COCC1(C)COC1. The standard InChI is InChI=1S/C9H16O2/c1-8(2)4-10-5-9(3)6-11-7-9/h1,4-7H2,2-3H3. The third-order valence-corrected chi connectivity index (χ3v) is 1.70. The van der Waals surface area contributed by atoms with E-state index in [9.17, 15) is 0 Å². The van der Waals surface area contributed by atoms with Gasteiger partial charge in [0.15, 0.2) is 0 Å². The minimum atomic E-state index is 0.273. The molecule has 0 aliphatic carbocycles. The zero-order valence-electron chi connectivity index (χ0n) is 7.35. The van der Waals surface area contributed by atoms with Crippen LogP contribution in [-0.2, 0) is 9.47 Å². The zero-order valence-corrected chi connectivity index (χ0v) is 7.35. The highest BCUT2D eigenvalue weighted by Gasteiger charge is 2.33. The van der Waals surface area contributed by atoms with Gasteiger partial charge < -0.3 is 9.47 Å². The normalized spacial score (nSPS) is 20.9. The molecule has 0 aromatic carbocycles. The lowest BCUT2D eigenvalue weighted by Gasteiger charge is -2.37. The molecular weight excluding hydrogens is 140 g/mol. The molecule has 2 nitrogen and oxygen atoms in total. The van der Waals surface area contributed by atoms with Crippen LogP contribution in [0.4, 0.5) is 0 Å². The second-order valence-electron chi connectivity index (χ2n) is 3.75. The molecule has 1 fully saturated rings. The van der Waals surface area contributed by atoms with Crippen LogP contribution in [0.1, 0.15) is 13.8 Å². The summed E-state index contributed by atoms with van der Waals surface area (Å²) in [7, 11) is 0. The molecule has 0 amide bonds.